The molecule has 0 saturated carbocycles. The minimum absolute atomic E-state index is 0.0988. The van der Waals surface area contributed by atoms with Crippen LogP contribution in [-0.4, -0.2) is 0 Å². The first kappa shape index (κ1) is 17.9. The van der Waals surface area contributed by atoms with Crippen LogP contribution in [0.1, 0.15) is 16.9 Å². The summed E-state index contributed by atoms with van der Waals surface area (Å²) < 4.78 is 44.2. The Hall–Kier alpha value is -2.91. The van der Waals surface area contributed by atoms with Gasteiger partial charge >= 0.3 is 6.18 Å². The van der Waals surface area contributed by atoms with Gasteiger partial charge in [-0.25, -0.2) is 0 Å². The first-order valence-electron chi connectivity index (χ1n) is 7.58. The van der Waals surface area contributed by atoms with Crippen LogP contribution in [0.2, 0.25) is 0 Å². The number of alkyl halides is 3. The predicted molar refractivity (Wildman–Crippen MR) is 94.2 cm³/mol. The molecule has 0 amide bonds. The van der Waals surface area contributed by atoms with E-state index >= 15 is 0 Å². The van der Waals surface area contributed by atoms with E-state index in [2.05, 4.69) is 0 Å². The Kier molecular flexibility index (Phi) is 5.19. The fourth-order valence-corrected chi connectivity index (χ4v) is 3.06. The van der Waals surface area contributed by atoms with Gasteiger partial charge in [-0.15, -0.1) is 0 Å². The number of nitrogens with zero attached hydrogens (tertiary/aromatic N) is 1. The lowest BCUT2D eigenvalue weighted by atomic mass is 10.0. The summed E-state index contributed by atoms with van der Waals surface area (Å²) in [6, 6.07) is 19.6. The molecule has 0 radical (unpaired) electrons. The number of furan rings is 1. The Balaban J connectivity index is 1.85. The normalized spacial score (nSPS) is 12.0. The summed E-state index contributed by atoms with van der Waals surface area (Å²) in [5, 5.41) is 9.96. The number of nitriles is 1. The van der Waals surface area contributed by atoms with E-state index in [0.717, 1.165) is 17.0 Å². The maximum Gasteiger partial charge on any atom is 0.416 e. The van der Waals surface area contributed by atoms with Crippen LogP contribution in [0.4, 0.5) is 13.2 Å². The van der Waals surface area contributed by atoms with Crippen LogP contribution in [0.5, 0.6) is 0 Å². The average Bonchev–Trinajstić information content (AvgIpc) is 3.07. The predicted octanol–water partition coefficient (Wildman–Crippen LogP) is 6.51. The number of allylic oxidation sites excluding steroid dienone is 1. The highest BCUT2D eigenvalue weighted by Gasteiger charge is 2.30. The summed E-state index contributed by atoms with van der Waals surface area (Å²) in [5.74, 6) is 0.400. The Labute approximate surface area is 152 Å². The molecular weight excluding hydrogens is 359 g/mol. The highest BCUT2D eigenvalue weighted by Crippen LogP contribution is 2.32. The summed E-state index contributed by atoms with van der Waals surface area (Å²) in [6.45, 7) is 0. The zero-order chi connectivity index (χ0) is 18.6. The number of rotatable bonds is 4. The zero-order valence-electron chi connectivity index (χ0n) is 13.3. The van der Waals surface area contributed by atoms with Gasteiger partial charge in [-0.3, -0.25) is 0 Å². The second-order valence-corrected chi connectivity index (χ2v) is 6.40. The average molecular weight is 371 g/mol. The molecule has 1 aromatic heterocycles. The molecule has 6 heteroatoms. The fraction of sp³-hybridized carbons (Fsp3) is 0.0500. The van der Waals surface area contributed by atoms with E-state index in [0.29, 0.717) is 10.9 Å². The van der Waals surface area contributed by atoms with E-state index in [1.807, 2.05) is 36.4 Å². The summed E-state index contributed by atoms with van der Waals surface area (Å²) >= 11 is 1.42. The first-order chi connectivity index (χ1) is 12.5. The number of hydrogen-bond donors (Lipinski definition) is 0. The lowest BCUT2D eigenvalue weighted by Crippen LogP contribution is -2.04. The molecule has 0 bridgehead atoms. The van der Waals surface area contributed by atoms with Crippen LogP contribution in [0, 0.1) is 11.3 Å². The second-order valence-electron chi connectivity index (χ2n) is 5.32. The van der Waals surface area contributed by atoms with Crippen molar-refractivity contribution in [3.8, 4) is 6.07 Å². The van der Waals surface area contributed by atoms with Crippen molar-refractivity contribution in [2.75, 3.05) is 0 Å². The van der Waals surface area contributed by atoms with Crippen molar-refractivity contribution >= 4 is 23.4 Å². The standard InChI is InChI=1S/C20H12F3NOS/c21-20(22,23)16-6-4-5-14(11-16)15(13-24)12-17-9-10-19(25-17)26-18-7-2-1-3-8-18/h1-12H/b15-12-. The molecule has 0 spiro atoms. The van der Waals surface area contributed by atoms with Gasteiger partial charge < -0.3 is 4.42 Å². The van der Waals surface area contributed by atoms with Crippen LogP contribution in [0.3, 0.4) is 0 Å². The molecular formula is C20H12F3NOS. The van der Waals surface area contributed by atoms with Gasteiger partial charge in [-0.2, -0.15) is 18.4 Å². The summed E-state index contributed by atoms with van der Waals surface area (Å²) in [6.07, 6.45) is -3.02. The highest BCUT2D eigenvalue weighted by molar-refractivity contribution is 7.99. The topological polar surface area (TPSA) is 36.9 Å². The van der Waals surface area contributed by atoms with Gasteiger partial charge in [0.15, 0.2) is 5.09 Å². The third kappa shape index (κ3) is 4.38. The van der Waals surface area contributed by atoms with Crippen molar-refractivity contribution in [3.63, 3.8) is 0 Å². The van der Waals surface area contributed by atoms with Crippen LogP contribution in [-0.2, 0) is 6.18 Å². The van der Waals surface area contributed by atoms with Crippen LogP contribution in [0.15, 0.2) is 81.1 Å². The van der Waals surface area contributed by atoms with Gasteiger partial charge in [0.2, 0.25) is 0 Å². The number of halogens is 3. The van der Waals surface area contributed by atoms with Gasteiger partial charge in [0.05, 0.1) is 17.2 Å². The molecule has 26 heavy (non-hydrogen) atoms. The van der Waals surface area contributed by atoms with Gasteiger partial charge in [-0.05, 0) is 48.0 Å². The molecule has 0 fully saturated rings. The summed E-state index contributed by atoms with van der Waals surface area (Å²) in [7, 11) is 0. The Bertz CT molecular complexity index is 968. The summed E-state index contributed by atoms with van der Waals surface area (Å²) in [4.78, 5) is 0.996. The molecule has 0 N–H and O–H groups in total. The molecule has 0 unspecified atom stereocenters. The Morgan fingerprint density at radius 3 is 2.46 bits per heavy atom. The van der Waals surface area contributed by atoms with Crippen LogP contribution in [0.25, 0.3) is 11.6 Å². The van der Waals surface area contributed by atoms with E-state index in [1.165, 1.54) is 30.0 Å². The van der Waals surface area contributed by atoms with Gasteiger partial charge in [-0.1, -0.05) is 42.1 Å². The van der Waals surface area contributed by atoms with Gasteiger partial charge in [0.1, 0.15) is 5.76 Å². The van der Waals surface area contributed by atoms with Crippen LogP contribution >= 0.6 is 11.8 Å². The Morgan fingerprint density at radius 2 is 1.77 bits per heavy atom. The van der Waals surface area contributed by atoms with Crippen molar-refractivity contribution in [3.05, 3.63) is 83.6 Å². The lowest BCUT2D eigenvalue weighted by molar-refractivity contribution is -0.137. The molecule has 0 atom stereocenters. The monoisotopic (exact) mass is 371 g/mol. The molecule has 3 aromatic rings. The molecule has 0 saturated heterocycles. The van der Waals surface area contributed by atoms with Crippen molar-refractivity contribution in [2.24, 2.45) is 0 Å². The highest BCUT2D eigenvalue weighted by atomic mass is 32.2. The minimum atomic E-state index is -4.46. The van der Waals surface area contributed by atoms with Crippen molar-refractivity contribution in [1.82, 2.24) is 0 Å². The van der Waals surface area contributed by atoms with Crippen LogP contribution < -0.4 is 0 Å². The molecule has 0 aliphatic heterocycles. The van der Waals surface area contributed by atoms with E-state index in [1.54, 1.807) is 12.1 Å². The summed E-state index contributed by atoms with van der Waals surface area (Å²) in [5.41, 5.74) is -0.506. The SMILES string of the molecule is N#C/C(=C/c1ccc(Sc2ccccc2)o1)c1cccc(C(F)(F)F)c1. The number of hydrogen-bond acceptors (Lipinski definition) is 3. The molecule has 2 aromatic carbocycles. The fourth-order valence-electron chi connectivity index (χ4n) is 2.26. The molecule has 1 heterocycles. The molecule has 3 rings (SSSR count). The smallest absolute Gasteiger partial charge is 0.416 e. The molecule has 130 valence electrons. The largest absolute Gasteiger partial charge is 0.450 e. The van der Waals surface area contributed by atoms with E-state index in [-0.39, 0.29) is 11.1 Å². The quantitative estimate of drug-likeness (QED) is 0.490. The third-order valence-corrected chi connectivity index (χ3v) is 4.40. The van der Waals surface area contributed by atoms with E-state index in [4.69, 9.17) is 4.42 Å². The van der Waals surface area contributed by atoms with Gasteiger partial charge in [0.25, 0.3) is 0 Å². The minimum Gasteiger partial charge on any atom is -0.450 e. The van der Waals surface area contributed by atoms with E-state index in [9.17, 15) is 18.4 Å². The molecule has 2 nitrogen and oxygen atoms in total. The van der Waals surface area contributed by atoms with Crippen molar-refractivity contribution in [1.29, 1.82) is 5.26 Å². The second kappa shape index (κ2) is 7.54. The maximum atomic E-state index is 12.8. The van der Waals surface area contributed by atoms with E-state index < -0.39 is 11.7 Å². The molecule has 0 aliphatic carbocycles. The van der Waals surface area contributed by atoms with Crippen molar-refractivity contribution < 1.29 is 17.6 Å². The Morgan fingerprint density at radius 1 is 1.00 bits per heavy atom. The van der Waals surface area contributed by atoms with Gasteiger partial charge in [0, 0.05) is 4.90 Å². The zero-order valence-corrected chi connectivity index (χ0v) is 14.1. The molecule has 0 aliphatic rings. The maximum absolute atomic E-state index is 12.8. The first-order valence-corrected chi connectivity index (χ1v) is 8.39. The lowest BCUT2D eigenvalue weighted by Gasteiger charge is -2.07. The number of benzene rings is 2. The third-order valence-electron chi connectivity index (χ3n) is 3.47. The van der Waals surface area contributed by atoms with Crippen molar-refractivity contribution in [2.45, 2.75) is 16.2 Å².